The third-order valence-electron chi connectivity index (χ3n) is 5.63. The van der Waals surface area contributed by atoms with Gasteiger partial charge < -0.3 is 20.6 Å². The van der Waals surface area contributed by atoms with E-state index in [1.165, 1.54) is 0 Å². The van der Waals surface area contributed by atoms with E-state index in [1.807, 2.05) is 0 Å². The van der Waals surface area contributed by atoms with E-state index < -0.39 is 34.9 Å². The van der Waals surface area contributed by atoms with Crippen LogP contribution in [0.25, 0.3) is 0 Å². The lowest BCUT2D eigenvalue weighted by molar-refractivity contribution is -0.179. The number of hydrogen-bond acceptors (Lipinski definition) is 4. The van der Waals surface area contributed by atoms with Gasteiger partial charge in [0.15, 0.2) is 0 Å². The molecule has 2 atom stereocenters. The van der Waals surface area contributed by atoms with Gasteiger partial charge in [-0.1, -0.05) is 48.5 Å². The van der Waals surface area contributed by atoms with E-state index in [0.717, 1.165) is 0 Å². The maximum Gasteiger partial charge on any atom is 0.311 e. The van der Waals surface area contributed by atoms with Crippen LogP contribution in [0.1, 0.15) is 29.2 Å². The molecule has 2 unspecified atom stereocenters. The molecule has 1 amide bonds. The van der Waals surface area contributed by atoms with E-state index in [-0.39, 0.29) is 0 Å². The number of carbonyl (C=O) groups is 2. The Hall–Kier alpha value is -2.70. The van der Waals surface area contributed by atoms with Crippen LogP contribution in [0.2, 0.25) is 0 Å². The first-order valence-corrected chi connectivity index (χ1v) is 8.53. The van der Waals surface area contributed by atoms with Gasteiger partial charge in [0.05, 0.1) is 5.92 Å². The number of aliphatic hydroxyl groups is 2. The largest absolute Gasteiger partial charge is 0.481 e. The number of nitrogens with one attached hydrogen (secondary N) is 1. The summed E-state index contributed by atoms with van der Waals surface area (Å²) in [5.41, 5.74) is -2.34. The van der Waals surface area contributed by atoms with Crippen LogP contribution in [0.15, 0.2) is 48.5 Å². The predicted octanol–water partition coefficient (Wildman–Crippen LogP) is 0.938. The van der Waals surface area contributed by atoms with Crippen molar-refractivity contribution in [2.75, 3.05) is 6.54 Å². The van der Waals surface area contributed by atoms with Gasteiger partial charge in [0.1, 0.15) is 17.1 Å². The zero-order valence-corrected chi connectivity index (χ0v) is 14.1. The first kappa shape index (κ1) is 16.8. The number of fused-ring (bicyclic) bond motifs is 1. The highest BCUT2D eigenvalue weighted by atomic mass is 16.4. The van der Waals surface area contributed by atoms with Crippen LogP contribution in [0.3, 0.4) is 0 Å². The van der Waals surface area contributed by atoms with Crippen molar-refractivity contribution in [3.05, 3.63) is 70.8 Å². The Balaban J connectivity index is 2.13. The summed E-state index contributed by atoms with van der Waals surface area (Å²) >= 11 is 0. The van der Waals surface area contributed by atoms with Gasteiger partial charge in [-0.3, -0.25) is 9.59 Å². The standard InChI is InChI=1S/C20H19NO5/c1-2-21-17(22)15-16(18(23)24)20(26)13-9-5-3-7-11(13)19(15,25)12-8-4-6-10-14(12)20/h3-10,15-16,25-26H,2H2,1H3,(H,21,22)(H,23,24). The molecule has 0 heterocycles. The van der Waals surface area contributed by atoms with Gasteiger partial charge >= 0.3 is 5.97 Å². The molecule has 5 rings (SSSR count). The van der Waals surface area contributed by atoms with E-state index in [9.17, 15) is 24.9 Å². The van der Waals surface area contributed by atoms with Crippen molar-refractivity contribution in [3.8, 4) is 0 Å². The fraction of sp³-hybridized carbons (Fsp3) is 0.300. The van der Waals surface area contributed by atoms with Crippen LogP contribution < -0.4 is 5.32 Å². The topological polar surface area (TPSA) is 107 Å². The molecular weight excluding hydrogens is 334 g/mol. The Labute approximate surface area is 150 Å². The average Bonchev–Trinajstić information content (AvgIpc) is 2.63. The van der Waals surface area contributed by atoms with Crippen molar-refractivity contribution in [1.82, 2.24) is 5.32 Å². The van der Waals surface area contributed by atoms with Crippen molar-refractivity contribution in [2.24, 2.45) is 11.8 Å². The Morgan fingerprint density at radius 1 is 0.885 bits per heavy atom. The molecule has 0 saturated heterocycles. The second kappa shape index (κ2) is 5.40. The van der Waals surface area contributed by atoms with Gasteiger partial charge in [-0.2, -0.15) is 0 Å². The number of aliphatic carboxylic acids is 1. The summed E-state index contributed by atoms with van der Waals surface area (Å²) in [5, 5.41) is 36.0. The number of rotatable bonds is 3. The lowest BCUT2D eigenvalue weighted by atomic mass is 9.49. The molecule has 3 aliphatic rings. The molecule has 6 nitrogen and oxygen atoms in total. The van der Waals surface area contributed by atoms with Gasteiger partial charge in [-0.25, -0.2) is 0 Å². The Morgan fingerprint density at radius 3 is 1.62 bits per heavy atom. The second-order valence-corrected chi connectivity index (χ2v) is 6.81. The van der Waals surface area contributed by atoms with Crippen LogP contribution in [-0.4, -0.2) is 33.7 Å². The van der Waals surface area contributed by atoms with E-state index >= 15 is 0 Å². The highest BCUT2D eigenvalue weighted by molar-refractivity contribution is 5.91. The average molecular weight is 353 g/mol. The summed E-state index contributed by atoms with van der Waals surface area (Å²) < 4.78 is 0. The highest BCUT2D eigenvalue weighted by Crippen LogP contribution is 2.62. The minimum absolute atomic E-state index is 0.291. The lowest BCUT2D eigenvalue weighted by Gasteiger charge is -2.57. The van der Waals surface area contributed by atoms with Gasteiger partial charge in [0, 0.05) is 6.54 Å². The molecular formula is C20H19NO5. The quantitative estimate of drug-likeness (QED) is 0.657. The Kier molecular flexibility index (Phi) is 3.48. The summed E-state index contributed by atoms with van der Waals surface area (Å²) in [6.07, 6.45) is 0. The molecule has 0 saturated carbocycles. The zero-order chi connectivity index (χ0) is 18.7. The Bertz CT molecular complexity index is 874. The van der Waals surface area contributed by atoms with Crippen LogP contribution >= 0.6 is 0 Å². The molecule has 134 valence electrons. The number of benzene rings is 2. The monoisotopic (exact) mass is 353 g/mol. The third kappa shape index (κ3) is 1.78. The van der Waals surface area contributed by atoms with Crippen LogP contribution in [0, 0.1) is 11.8 Å². The number of carboxylic acids is 1. The van der Waals surface area contributed by atoms with Gasteiger partial charge in [0.25, 0.3) is 0 Å². The molecule has 2 aromatic rings. The first-order chi connectivity index (χ1) is 12.4. The minimum Gasteiger partial charge on any atom is -0.481 e. The van der Waals surface area contributed by atoms with Gasteiger partial charge in [0.2, 0.25) is 5.91 Å². The van der Waals surface area contributed by atoms with Gasteiger partial charge in [-0.15, -0.1) is 0 Å². The van der Waals surface area contributed by atoms with Crippen LogP contribution in [-0.2, 0) is 20.8 Å². The summed E-state index contributed by atoms with van der Waals surface area (Å²) in [6, 6.07) is 13.3. The molecule has 26 heavy (non-hydrogen) atoms. The summed E-state index contributed by atoms with van der Waals surface area (Å²) in [7, 11) is 0. The highest BCUT2D eigenvalue weighted by Gasteiger charge is 2.69. The SMILES string of the molecule is CCNC(=O)C1C(C(=O)O)C2(O)c3ccccc3C1(O)c1ccccc12. The van der Waals surface area contributed by atoms with E-state index in [1.54, 1.807) is 55.5 Å². The summed E-state index contributed by atoms with van der Waals surface area (Å²) in [6.45, 7) is 2.01. The van der Waals surface area contributed by atoms with E-state index in [4.69, 9.17) is 0 Å². The maximum atomic E-state index is 12.8. The molecule has 6 heteroatoms. The fourth-order valence-corrected chi connectivity index (χ4v) is 4.68. The molecule has 0 aliphatic heterocycles. The molecule has 2 aromatic carbocycles. The summed E-state index contributed by atoms with van der Waals surface area (Å²) in [5.74, 6) is -4.78. The molecule has 0 aromatic heterocycles. The smallest absolute Gasteiger partial charge is 0.311 e. The molecule has 0 radical (unpaired) electrons. The molecule has 3 aliphatic carbocycles. The number of amides is 1. The Morgan fingerprint density at radius 2 is 1.27 bits per heavy atom. The maximum absolute atomic E-state index is 12.8. The molecule has 4 N–H and O–H groups in total. The van der Waals surface area contributed by atoms with Crippen LogP contribution in [0.4, 0.5) is 0 Å². The third-order valence-corrected chi connectivity index (χ3v) is 5.63. The minimum atomic E-state index is -1.90. The van der Waals surface area contributed by atoms with E-state index in [2.05, 4.69) is 5.32 Å². The first-order valence-electron chi connectivity index (χ1n) is 8.53. The van der Waals surface area contributed by atoms with Gasteiger partial charge in [-0.05, 0) is 29.2 Å². The van der Waals surface area contributed by atoms with Crippen molar-refractivity contribution < 1.29 is 24.9 Å². The van der Waals surface area contributed by atoms with Crippen LogP contribution in [0.5, 0.6) is 0 Å². The van der Waals surface area contributed by atoms with Crippen molar-refractivity contribution in [3.63, 3.8) is 0 Å². The fourth-order valence-electron chi connectivity index (χ4n) is 4.68. The number of hydrogen-bond donors (Lipinski definition) is 4. The van der Waals surface area contributed by atoms with E-state index in [0.29, 0.717) is 28.8 Å². The van der Waals surface area contributed by atoms with Crippen molar-refractivity contribution in [2.45, 2.75) is 18.1 Å². The second-order valence-electron chi connectivity index (χ2n) is 6.81. The summed E-state index contributed by atoms with van der Waals surface area (Å²) in [4.78, 5) is 25.0. The molecule has 0 spiro atoms. The zero-order valence-electron chi connectivity index (χ0n) is 14.1. The van der Waals surface area contributed by atoms with Crippen molar-refractivity contribution >= 4 is 11.9 Å². The normalized spacial score (nSPS) is 31.0. The molecule has 2 bridgehead atoms. The predicted molar refractivity (Wildman–Crippen MR) is 92.2 cm³/mol. The number of carboxylic acid groups (broad SMARTS) is 1. The van der Waals surface area contributed by atoms with Crippen molar-refractivity contribution in [1.29, 1.82) is 0 Å². The molecule has 0 fully saturated rings. The lowest BCUT2D eigenvalue weighted by Crippen LogP contribution is -2.65. The number of carbonyl (C=O) groups excluding carboxylic acids is 1.